The minimum absolute atomic E-state index is 0.281. The van der Waals surface area contributed by atoms with Crippen molar-refractivity contribution in [2.45, 2.75) is 44.8 Å². The van der Waals surface area contributed by atoms with Gasteiger partial charge in [-0.2, -0.15) is 31.4 Å². The number of nitrogens with zero attached hydrogens (tertiary/aromatic N) is 2. The maximum absolute atomic E-state index is 13.1. The fourth-order valence-electron chi connectivity index (χ4n) is 3.67. The van der Waals surface area contributed by atoms with E-state index < -0.39 is 34.9 Å². The number of aromatic nitrogens is 2. The van der Waals surface area contributed by atoms with Crippen molar-refractivity contribution >= 4 is 10.2 Å². The summed E-state index contributed by atoms with van der Waals surface area (Å²) in [6.45, 7) is 2.52. The molecule has 0 atom stereocenters. The van der Waals surface area contributed by atoms with E-state index in [0.717, 1.165) is 22.5 Å². The van der Waals surface area contributed by atoms with Crippen LogP contribution in [0.2, 0.25) is 0 Å². The monoisotopic (exact) mass is 512 g/mol. The summed E-state index contributed by atoms with van der Waals surface area (Å²) < 4.78 is 80.8. The second-order valence-electron chi connectivity index (χ2n) is 8.84. The summed E-state index contributed by atoms with van der Waals surface area (Å²) in [4.78, 5) is 0. The molecule has 1 heterocycles. The van der Waals surface area contributed by atoms with Crippen LogP contribution in [-0.2, 0) is 35.6 Å². The highest BCUT2D eigenvalue weighted by molar-refractivity contribution is 7.87. The second-order valence-corrected chi connectivity index (χ2v) is 10.3. The number of rotatable bonds is 10. The normalized spacial score (nSPS) is 12.8. The highest BCUT2D eigenvalue weighted by atomic mass is 32.2. The van der Waals surface area contributed by atoms with Crippen molar-refractivity contribution in [3.05, 3.63) is 77.2 Å². The molecule has 0 unspecified atom stereocenters. The molecule has 11 heteroatoms. The molecule has 190 valence electrons. The van der Waals surface area contributed by atoms with Crippen molar-refractivity contribution in [3.63, 3.8) is 0 Å². The Hall–Kier alpha value is -2.76. The van der Waals surface area contributed by atoms with Crippen LogP contribution in [0.25, 0.3) is 11.3 Å². The third-order valence-corrected chi connectivity index (χ3v) is 6.85. The van der Waals surface area contributed by atoms with Gasteiger partial charge in [0.1, 0.15) is 5.82 Å². The Morgan fingerprint density at radius 2 is 1.69 bits per heavy atom. The van der Waals surface area contributed by atoms with E-state index in [2.05, 4.69) is 9.82 Å². The molecule has 0 saturated heterocycles. The Morgan fingerprint density at radius 1 is 1.00 bits per heavy atom. The molecule has 3 aromatic rings. The minimum Gasteiger partial charge on any atom is -0.268 e. The third kappa shape index (κ3) is 7.87. The van der Waals surface area contributed by atoms with E-state index in [1.165, 1.54) is 12.1 Å². The van der Waals surface area contributed by atoms with Gasteiger partial charge in [-0.3, -0.25) is 4.68 Å². The van der Waals surface area contributed by atoms with Gasteiger partial charge in [-0.25, -0.2) is 9.11 Å². The summed E-state index contributed by atoms with van der Waals surface area (Å²) in [7, 11) is -2.36. The van der Waals surface area contributed by atoms with Gasteiger partial charge in [0, 0.05) is 19.2 Å². The summed E-state index contributed by atoms with van der Waals surface area (Å²) >= 11 is 0. The van der Waals surface area contributed by atoms with Crippen LogP contribution >= 0.6 is 0 Å². The van der Waals surface area contributed by atoms with E-state index in [0.29, 0.717) is 18.4 Å². The van der Waals surface area contributed by atoms with Crippen LogP contribution < -0.4 is 9.44 Å². The Bertz CT molecular complexity index is 1250. The van der Waals surface area contributed by atoms with Gasteiger partial charge < -0.3 is 0 Å². The van der Waals surface area contributed by atoms with Crippen molar-refractivity contribution in [1.29, 1.82) is 0 Å². The van der Waals surface area contributed by atoms with Crippen molar-refractivity contribution in [2.24, 2.45) is 7.05 Å². The van der Waals surface area contributed by atoms with Gasteiger partial charge in [0.05, 0.1) is 23.3 Å². The van der Waals surface area contributed by atoms with Crippen molar-refractivity contribution in [1.82, 2.24) is 19.2 Å². The zero-order chi connectivity index (χ0) is 25.9. The van der Waals surface area contributed by atoms with Gasteiger partial charge >= 0.3 is 6.18 Å². The number of benzene rings is 2. The lowest BCUT2D eigenvalue weighted by molar-refractivity contribution is -0.132. The van der Waals surface area contributed by atoms with E-state index >= 15 is 0 Å². The van der Waals surface area contributed by atoms with Crippen LogP contribution in [-0.4, -0.2) is 30.9 Å². The predicted octanol–water partition coefficient (Wildman–Crippen LogP) is 4.62. The zero-order valence-electron chi connectivity index (χ0n) is 19.7. The molecule has 0 fully saturated rings. The molecule has 0 aliphatic rings. The SMILES string of the molecule is Cn1nc(CCc2ccc(F)cc2)cc1-c1cccc(C(C)(C)NS(=O)(=O)NCCC(F)(F)F)c1. The van der Waals surface area contributed by atoms with Crippen LogP contribution in [0.15, 0.2) is 54.6 Å². The number of alkyl halides is 3. The maximum atomic E-state index is 13.1. The van der Waals surface area contributed by atoms with Gasteiger partial charge in [0.15, 0.2) is 0 Å². The number of halogens is 4. The van der Waals surface area contributed by atoms with Crippen molar-refractivity contribution < 1.29 is 26.0 Å². The standard InChI is InChI=1S/C24H28F4N4O2S/c1-23(2,31-35(33,34)29-14-13-24(26,27)28)19-6-4-5-18(15-19)22-16-21(30-32(22)3)12-9-17-7-10-20(25)11-8-17/h4-8,10-11,15-16,29,31H,9,12-14H2,1-3H3. The molecule has 0 aliphatic heterocycles. The van der Waals surface area contributed by atoms with Crippen LogP contribution in [0.1, 0.15) is 37.1 Å². The van der Waals surface area contributed by atoms with Gasteiger partial charge in [-0.05, 0) is 62.1 Å². The smallest absolute Gasteiger partial charge is 0.268 e. The minimum atomic E-state index is -4.45. The first-order valence-electron chi connectivity index (χ1n) is 11.0. The lowest BCUT2D eigenvalue weighted by atomic mass is 9.93. The van der Waals surface area contributed by atoms with Crippen LogP contribution in [0, 0.1) is 5.82 Å². The van der Waals surface area contributed by atoms with Crippen molar-refractivity contribution in [2.75, 3.05) is 6.54 Å². The average Bonchev–Trinajstić information content (AvgIpc) is 3.12. The fourth-order valence-corrected chi connectivity index (χ4v) is 4.90. The summed E-state index contributed by atoms with van der Waals surface area (Å²) in [5, 5.41) is 4.55. The molecule has 0 spiro atoms. The van der Waals surface area contributed by atoms with Gasteiger partial charge in [-0.15, -0.1) is 0 Å². The second kappa shape index (κ2) is 10.5. The number of aryl methyl sites for hydroxylation is 3. The zero-order valence-corrected chi connectivity index (χ0v) is 20.5. The van der Waals surface area contributed by atoms with E-state index in [4.69, 9.17) is 0 Å². The molecule has 0 amide bonds. The van der Waals surface area contributed by atoms with E-state index in [1.807, 2.05) is 30.0 Å². The molecule has 0 bridgehead atoms. The van der Waals surface area contributed by atoms with Crippen LogP contribution in [0.5, 0.6) is 0 Å². The molecule has 1 aromatic heterocycles. The number of nitrogens with one attached hydrogen (secondary N) is 2. The molecule has 3 rings (SSSR count). The summed E-state index contributed by atoms with van der Waals surface area (Å²) in [5.74, 6) is -0.281. The number of hydrogen-bond acceptors (Lipinski definition) is 3. The Balaban J connectivity index is 1.72. The molecule has 0 radical (unpaired) electrons. The topological polar surface area (TPSA) is 76.0 Å². The molecular formula is C24H28F4N4O2S. The Kier molecular flexibility index (Phi) is 8.03. The molecular weight excluding hydrogens is 484 g/mol. The van der Waals surface area contributed by atoms with Gasteiger partial charge in [-0.1, -0.05) is 30.3 Å². The number of hydrogen-bond donors (Lipinski definition) is 2. The van der Waals surface area contributed by atoms with Gasteiger partial charge in [0.2, 0.25) is 0 Å². The Labute approximate surface area is 202 Å². The first kappa shape index (κ1) is 26.8. The molecule has 0 aliphatic carbocycles. The first-order valence-corrected chi connectivity index (χ1v) is 12.5. The summed E-state index contributed by atoms with van der Waals surface area (Å²) in [5.41, 5.74) is 3.02. The van der Waals surface area contributed by atoms with Crippen LogP contribution in [0.3, 0.4) is 0 Å². The van der Waals surface area contributed by atoms with Gasteiger partial charge in [0.25, 0.3) is 10.2 Å². The molecule has 35 heavy (non-hydrogen) atoms. The molecule has 2 aromatic carbocycles. The quantitative estimate of drug-likeness (QED) is 0.389. The highest BCUT2D eigenvalue weighted by Crippen LogP contribution is 2.28. The predicted molar refractivity (Wildman–Crippen MR) is 126 cm³/mol. The van der Waals surface area contributed by atoms with Crippen LogP contribution in [0.4, 0.5) is 17.6 Å². The lowest BCUT2D eigenvalue weighted by Crippen LogP contribution is -2.47. The molecule has 2 N–H and O–H groups in total. The van der Waals surface area contributed by atoms with Crippen molar-refractivity contribution in [3.8, 4) is 11.3 Å². The maximum Gasteiger partial charge on any atom is 0.390 e. The summed E-state index contributed by atoms with van der Waals surface area (Å²) in [6.07, 6.45) is -4.35. The van der Waals surface area contributed by atoms with E-state index in [1.54, 1.807) is 42.8 Å². The largest absolute Gasteiger partial charge is 0.390 e. The van der Waals surface area contributed by atoms with E-state index in [9.17, 15) is 26.0 Å². The highest BCUT2D eigenvalue weighted by Gasteiger charge is 2.30. The lowest BCUT2D eigenvalue weighted by Gasteiger charge is -2.27. The van der Waals surface area contributed by atoms with E-state index in [-0.39, 0.29) is 5.82 Å². The molecule has 0 saturated carbocycles. The average molecular weight is 513 g/mol. The molecule has 6 nitrogen and oxygen atoms in total. The fraction of sp³-hybridized carbons (Fsp3) is 0.375. The first-order chi connectivity index (χ1) is 16.2. The summed E-state index contributed by atoms with van der Waals surface area (Å²) in [6, 6.07) is 15.5. The third-order valence-electron chi connectivity index (χ3n) is 5.48. The Morgan fingerprint density at radius 3 is 2.34 bits per heavy atom.